The zero-order valence-corrected chi connectivity index (χ0v) is 17.0. The average molecular weight is 425 g/mol. The summed E-state index contributed by atoms with van der Waals surface area (Å²) in [5.74, 6) is 1.34. The van der Waals surface area contributed by atoms with Crippen molar-refractivity contribution in [2.24, 2.45) is 0 Å². The number of hydrogen-bond acceptors (Lipinski definition) is 7. The van der Waals surface area contributed by atoms with Crippen LogP contribution in [0.4, 0.5) is 0 Å². The van der Waals surface area contributed by atoms with Crippen molar-refractivity contribution in [2.75, 3.05) is 26.4 Å². The highest BCUT2D eigenvalue weighted by Crippen LogP contribution is 2.38. The Kier molecular flexibility index (Phi) is 6.43. The third-order valence-electron chi connectivity index (χ3n) is 5.58. The molecule has 1 saturated heterocycles. The Morgan fingerprint density at radius 1 is 1.16 bits per heavy atom. The lowest BCUT2D eigenvalue weighted by molar-refractivity contribution is -0.134. The molecule has 4 rings (SSSR count). The van der Waals surface area contributed by atoms with Crippen LogP contribution >= 0.6 is 0 Å². The van der Waals surface area contributed by atoms with Crippen molar-refractivity contribution < 1.29 is 33.8 Å². The van der Waals surface area contributed by atoms with Gasteiger partial charge in [0.05, 0.1) is 24.8 Å². The topological polar surface area (TPSA) is 106 Å². The first kappa shape index (κ1) is 21.2. The van der Waals surface area contributed by atoms with Gasteiger partial charge in [0.2, 0.25) is 0 Å². The van der Waals surface area contributed by atoms with Gasteiger partial charge in [-0.05, 0) is 42.1 Å². The Morgan fingerprint density at radius 3 is 2.74 bits per heavy atom. The van der Waals surface area contributed by atoms with Crippen LogP contribution in [0.5, 0.6) is 17.2 Å². The molecule has 0 aliphatic carbocycles. The number of carbonyl (C=O) groups is 2. The fourth-order valence-corrected chi connectivity index (χ4v) is 4.06. The molecule has 162 valence electrons. The van der Waals surface area contributed by atoms with Crippen LogP contribution in [0.15, 0.2) is 36.4 Å². The van der Waals surface area contributed by atoms with E-state index in [1.54, 1.807) is 4.90 Å². The molecule has 0 bridgehead atoms. The lowest BCUT2D eigenvalue weighted by Crippen LogP contribution is -2.36. The first-order valence-electron chi connectivity index (χ1n) is 10.3. The van der Waals surface area contributed by atoms with Gasteiger partial charge in [0.15, 0.2) is 24.4 Å². The summed E-state index contributed by atoms with van der Waals surface area (Å²) in [6, 6.07) is 10.2. The standard InChI is InChI=1S/C22H24BNO7/c25-13-16-17(23(27)28)4-1-6-19(16)31-14-22(26)24-9-2-5-18(24)15-7-8-20-21(12-15)30-11-3-10-29-20/h1,4,6-8,12-13,18,27-28H,2-3,5,9-11,14H2. The van der Waals surface area contributed by atoms with Crippen molar-refractivity contribution in [3.63, 3.8) is 0 Å². The zero-order chi connectivity index (χ0) is 21.8. The SMILES string of the molecule is O=Cc1c(OCC(=O)N2CCCC2c2ccc3c(c2)OCCCO3)cccc1B(O)O. The second-order valence-corrected chi connectivity index (χ2v) is 7.54. The molecule has 2 aliphatic heterocycles. The van der Waals surface area contributed by atoms with Gasteiger partial charge in [0, 0.05) is 13.0 Å². The van der Waals surface area contributed by atoms with E-state index in [4.69, 9.17) is 14.2 Å². The third kappa shape index (κ3) is 4.52. The third-order valence-corrected chi connectivity index (χ3v) is 5.58. The number of ether oxygens (including phenoxy) is 3. The van der Waals surface area contributed by atoms with Gasteiger partial charge in [0.1, 0.15) is 5.75 Å². The van der Waals surface area contributed by atoms with Gasteiger partial charge in [0.25, 0.3) is 5.91 Å². The maximum atomic E-state index is 12.9. The van der Waals surface area contributed by atoms with Gasteiger partial charge >= 0.3 is 7.12 Å². The number of hydrogen-bond donors (Lipinski definition) is 2. The highest BCUT2D eigenvalue weighted by molar-refractivity contribution is 6.60. The molecule has 2 aromatic carbocycles. The minimum absolute atomic E-state index is 0.0196. The molecule has 1 atom stereocenters. The molecule has 1 amide bonds. The number of benzene rings is 2. The van der Waals surface area contributed by atoms with Crippen molar-refractivity contribution in [1.29, 1.82) is 0 Å². The first-order chi connectivity index (χ1) is 15.1. The van der Waals surface area contributed by atoms with Gasteiger partial charge in [-0.25, -0.2) is 0 Å². The molecule has 0 spiro atoms. The highest BCUT2D eigenvalue weighted by atomic mass is 16.5. The van der Waals surface area contributed by atoms with E-state index in [-0.39, 0.29) is 35.3 Å². The van der Waals surface area contributed by atoms with Gasteiger partial charge < -0.3 is 29.2 Å². The second-order valence-electron chi connectivity index (χ2n) is 7.54. The number of aldehydes is 1. The second kappa shape index (κ2) is 9.41. The fraction of sp³-hybridized carbons (Fsp3) is 0.364. The van der Waals surface area contributed by atoms with E-state index in [1.807, 2.05) is 18.2 Å². The molecule has 8 nitrogen and oxygen atoms in total. The van der Waals surface area contributed by atoms with Crippen LogP contribution in [0.2, 0.25) is 0 Å². The predicted molar refractivity (Wildman–Crippen MR) is 113 cm³/mol. The van der Waals surface area contributed by atoms with Crippen LogP contribution in [0, 0.1) is 0 Å². The van der Waals surface area contributed by atoms with Gasteiger partial charge in [-0.3, -0.25) is 9.59 Å². The van der Waals surface area contributed by atoms with Crippen molar-refractivity contribution in [2.45, 2.75) is 25.3 Å². The molecule has 31 heavy (non-hydrogen) atoms. The molecular formula is C22H24BNO7. The van der Waals surface area contributed by atoms with Gasteiger partial charge in [-0.1, -0.05) is 18.2 Å². The Labute approximate surface area is 180 Å². The molecule has 2 heterocycles. The molecule has 1 fully saturated rings. The minimum atomic E-state index is -1.80. The number of nitrogens with zero attached hydrogens (tertiary/aromatic N) is 1. The number of amides is 1. The van der Waals surface area contributed by atoms with E-state index in [0.29, 0.717) is 37.5 Å². The van der Waals surface area contributed by atoms with E-state index in [0.717, 1.165) is 24.8 Å². The Morgan fingerprint density at radius 2 is 1.97 bits per heavy atom. The van der Waals surface area contributed by atoms with E-state index in [9.17, 15) is 19.6 Å². The maximum absolute atomic E-state index is 12.9. The maximum Gasteiger partial charge on any atom is 0.489 e. The van der Waals surface area contributed by atoms with Crippen molar-refractivity contribution in [3.8, 4) is 17.2 Å². The molecule has 1 unspecified atom stereocenters. The normalized spacial score (nSPS) is 17.7. The Balaban J connectivity index is 1.47. The van der Waals surface area contributed by atoms with Crippen LogP contribution < -0.4 is 19.7 Å². The summed E-state index contributed by atoms with van der Waals surface area (Å²) in [7, 11) is -1.80. The summed E-state index contributed by atoms with van der Waals surface area (Å²) in [4.78, 5) is 26.1. The largest absolute Gasteiger partial charge is 0.490 e. The molecule has 2 aromatic rings. The number of rotatable bonds is 6. The summed E-state index contributed by atoms with van der Waals surface area (Å²) in [6.07, 6.45) is 3.02. The molecule has 0 radical (unpaired) electrons. The summed E-state index contributed by atoms with van der Waals surface area (Å²) < 4.78 is 17.1. The van der Waals surface area contributed by atoms with E-state index in [1.165, 1.54) is 18.2 Å². The minimum Gasteiger partial charge on any atom is -0.490 e. The number of fused-ring (bicyclic) bond motifs is 1. The summed E-state index contributed by atoms with van der Waals surface area (Å²) in [6.45, 7) is 1.57. The van der Waals surface area contributed by atoms with Gasteiger partial charge in [-0.2, -0.15) is 0 Å². The van der Waals surface area contributed by atoms with Crippen LogP contribution in [0.1, 0.15) is 41.2 Å². The van der Waals surface area contributed by atoms with Crippen LogP contribution in [0.25, 0.3) is 0 Å². The monoisotopic (exact) mass is 425 g/mol. The van der Waals surface area contributed by atoms with Crippen molar-refractivity contribution in [1.82, 2.24) is 4.90 Å². The lowest BCUT2D eigenvalue weighted by atomic mass is 9.77. The summed E-state index contributed by atoms with van der Waals surface area (Å²) >= 11 is 0. The van der Waals surface area contributed by atoms with E-state index < -0.39 is 7.12 Å². The van der Waals surface area contributed by atoms with Gasteiger partial charge in [-0.15, -0.1) is 0 Å². The fourth-order valence-electron chi connectivity index (χ4n) is 4.06. The molecule has 2 aliphatic rings. The van der Waals surface area contributed by atoms with Crippen LogP contribution in [0.3, 0.4) is 0 Å². The molecular weight excluding hydrogens is 401 g/mol. The predicted octanol–water partition coefficient (Wildman–Crippen LogP) is 1.08. The average Bonchev–Trinajstić information content (AvgIpc) is 3.15. The zero-order valence-electron chi connectivity index (χ0n) is 17.0. The Hall–Kier alpha value is -3.04. The first-order valence-corrected chi connectivity index (χ1v) is 10.3. The van der Waals surface area contributed by atoms with Crippen LogP contribution in [-0.4, -0.2) is 60.6 Å². The smallest absolute Gasteiger partial charge is 0.489 e. The van der Waals surface area contributed by atoms with Crippen LogP contribution in [-0.2, 0) is 4.79 Å². The van der Waals surface area contributed by atoms with E-state index >= 15 is 0 Å². The highest BCUT2D eigenvalue weighted by Gasteiger charge is 2.31. The number of likely N-dealkylation sites (tertiary alicyclic amines) is 1. The van der Waals surface area contributed by atoms with Crippen molar-refractivity contribution >= 4 is 24.8 Å². The molecule has 2 N–H and O–H groups in total. The molecule has 0 saturated carbocycles. The number of carbonyl (C=O) groups excluding carboxylic acids is 2. The lowest BCUT2D eigenvalue weighted by Gasteiger charge is -2.26. The quantitative estimate of drug-likeness (QED) is 0.527. The molecule has 0 aromatic heterocycles. The summed E-state index contributed by atoms with van der Waals surface area (Å²) in [5.41, 5.74) is 1.03. The van der Waals surface area contributed by atoms with E-state index in [2.05, 4.69) is 0 Å². The van der Waals surface area contributed by atoms with Crippen molar-refractivity contribution in [3.05, 3.63) is 47.5 Å². The summed E-state index contributed by atoms with van der Waals surface area (Å²) in [5, 5.41) is 18.8. The Bertz CT molecular complexity index is 965. The molecule has 9 heteroatoms.